The molecule has 0 saturated heterocycles. The van der Waals surface area contributed by atoms with Gasteiger partial charge in [0.05, 0.1) is 22.4 Å². The van der Waals surface area contributed by atoms with E-state index in [-0.39, 0.29) is 27.2 Å². The minimum absolute atomic E-state index is 0.0556. The van der Waals surface area contributed by atoms with Gasteiger partial charge in [-0.1, -0.05) is 40.0 Å². The number of halogens is 3. The van der Waals surface area contributed by atoms with Crippen molar-refractivity contribution < 1.29 is 9.32 Å². The summed E-state index contributed by atoms with van der Waals surface area (Å²) in [5, 5.41) is 7.01. The molecule has 3 N–H and O–H groups in total. The number of anilines is 2. The van der Waals surface area contributed by atoms with Crippen LogP contribution in [0.1, 0.15) is 16.1 Å². The van der Waals surface area contributed by atoms with Crippen LogP contribution in [0.15, 0.2) is 29.0 Å². The van der Waals surface area contributed by atoms with Crippen LogP contribution in [0.25, 0.3) is 11.3 Å². The van der Waals surface area contributed by atoms with E-state index in [1.807, 2.05) is 0 Å². The second-order valence-electron chi connectivity index (χ2n) is 4.99. The number of carbonyl (C=O) groups excluding carboxylic acids is 1. The molecule has 10 heteroatoms. The molecule has 0 aliphatic rings. The number of aryl methyl sites for hydroxylation is 1. The first-order chi connectivity index (χ1) is 11.9. The van der Waals surface area contributed by atoms with Crippen molar-refractivity contribution in [1.82, 2.24) is 15.1 Å². The number of carbonyl (C=O) groups is 1. The summed E-state index contributed by atoms with van der Waals surface area (Å²) in [7, 11) is 0. The van der Waals surface area contributed by atoms with Gasteiger partial charge in [-0.05, 0) is 19.1 Å². The van der Waals surface area contributed by atoms with Crippen LogP contribution in [0.4, 0.5) is 11.6 Å². The largest absolute Gasteiger partial charge is 0.382 e. The van der Waals surface area contributed by atoms with E-state index in [0.29, 0.717) is 22.0 Å². The number of rotatable bonds is 3. The van der Waals surface area contributed by atoms with Crippen LogP contribution in [0, 0.1) is 6.92 Å². The predicted molar refractivity (Wildman–Crippen MR) is 96.1 cm³/mol. The summed E-state index contributed by atoms with van der Waals surface area (Å²) >= 11 is 18.2. The van der Waals surface area contributed by atoms with Gasteiger partial charge in [-0.3, -0.25) is 4.79 Å². The molecule has 0 atom stereocenters. The molecule has 1 aromatic carbocycles. The van der Waals surface area contributed by atoms with E-state index >= 15 is 0 Å². The average molecular weight is 399 g/mol. The Bertz CT molecular complexity index is 974. The maximum absolute atomic E-state index is 12.1. The number of nitrogen functional groups attached to an aromatic ring is 1. The zero-order valence-electron chi connectivity index (χ0n) is 12.7. The van der Waals surface area contributed by atoms with Crippen LogP contribution in [-0.2, 0) is 0 Å². The number of nitrogens with zero attached hydrogens (tertiary/aromatic N) is 3. The van der Waals surface area contributed by atoms with Gasteiger partial charge in [0.1, 0.15) is 17.0 Å². The molecule has 0 saturated carbocycles. The van der Waals surface area contributed by atoms with E-state index in [9.17, 15) is 4.79 Å². The highest BCUT2D eigenvalue weighted by Gasteiger charge is 2.17. The first-order valence-electron chi connectivity index (χ1n) is 6.87. The number of benzene rings is 1. The van der Waals surface area contributed by atoms with E-state index in [1.165, 1.54) is 18.5 Å². The van der Waals surface area contributed by atoms with Gasteiger partial charge in [0.15, 0.2) is 11.6 Å². The predicted octanol–water partition coefficient (Wildman–Crippen LogP) is 4.23. The summed E-state index contributed by atoms with van der Waals surface area (Å²) in [5.41, 5.74) is 6.97. The van der Waals surface area contributed by atoms with Crippen LogP contribution in [0.2, 0.25) is 15.1 Å². The van der Waals surface area contributed by atoms with Crippen molar-refractivity contribution >= 4 is 52.3 Å². The molecule has 3 rings (SSSR count). The van der Waals surface area contributed by atoms with Gasteiger partial charge in [0, 0.05) is 10.6 Å². The number of nitrogens with one attached hydrogen (secondary N) is 1. The molecule has 0 spiro atoms. The lowest BCUT2D eigenvalue weighted by atomic mass is 10.1. The number of nitrogens with two attached hydrogens (primary N) is 1. The molecule has 0 fully saturated rings. The highest BCUT2D eigenvalue weighted by molar-refractivity contribution is 6.45. The highest BCUT2D eigenvalue weighted by Crippen LogP contribution is 2.37. The van der Waals surface area contributed by atoms with Crippen molar-refractivity contribution in [3.63, 3.8) is 0 Å². The van der Waals surface area contributed by atoms with Crippen molar-refractivity contribution in [2.24, 2.45) is 0 Å². The van der Waals surface area contributed by atoms with Crippen LogP contribution in [0.5, 0.6) is 0 Å². The molecular weight excluding hydrogens is 389 g/mol. The third-order valence-corrected chi connectivity index (χ3v) is 4.30. The molecular formula is C15H10Cl3N5O2. The second-order valence-corrected chi connectivity index (χ2v) is 6.21. The molecule has 128 valence electrons. The van der Waals surface area contributed by atoms with Crippen molar-refractivity contribution in [2.45, 2.75) is 6.92 Å². The summed E-state index contributed by atoms with van der Waals surface area (Å²) in [4.78, 5) is 20.5. The minimum atomic E-state index is -0.441. The molecule has 0 aliphatic heterocycles. The Kier molecular flexibility index (Phi) is 4.80. The van der Waals surface area contributed by atoms with Crippen molar-refractivity contribution in [2.75, 3.05) is 11.1 Å². The van der Waals surface area contributed by atoms with Crippen LogP contribution >= 0.6 is 34.8 Å². The maximum atomic E-state index is 12.1. The summed E-state index contributed by atoms with van der Waals surface area (Å²) in [6.45, 7) is 1.62. The fraction of sp³-hybridized carbons (Fsp3) is 0.0667. The first-order valence-corrected chi connectivity index (χ1v) is 8.00. The third-order valence-electron chi connectivity index (χ3n) is 3.28. The Balaban J connectivity index is 1.92. The normalized spacial score (nSPS) is 10.7. The molecule has 25 heavy (non-hydrogen) atoms. The lowest BCUT2D eigenvalue weighted by molar-refractivity contribution is 0.102. The van der Waals surface area contributed by atoms with Gasteiger partial charge < -0.3 is 15.6 Å². The molecule has 2 heterocycles. The smallest absolute Gasteiger partial charge is 0.262 e. The van der Waals surface area contributed by atoms with Gasteiger partial charge in [-0.25, -0.2) is 9.97 Å². The summed E-state index contributed by atoms with van der Waals surface area (Å²) in [6, 6.07) is 3.09. The van der Waals surface area contributed by atoms with E-state index in [2.05, 4.69) is 20.4 Å². The Morgan fingerprint density at radius 3 is 2.64 bits per heavy atom. The number of hydrogen-bond donors (Lipinski definition) is 2. The Morgan fingerprint density at radius 2 is 2.00 bits per heavy atom. The molecule has 0 radical (unpaired) electrons. The Morgan fingerprint density at radius 1 is 1.24 bits per heavy atom. The number of hydrogen-bond acceptors (Lipinski definition) is 6. The molecule has 2 aromatic heterocycles. The van der Waals surface area contributed by atoms with Crippen LogP contribution in [-0.4, -0.2) is 21.0 Å². The fourth-order valence-corrected chi connectivity index (χ4v) is 2.79. The molecule has 1 amide bonds. The van der Waals surface area contributed by atoms with Gasteiger partial charge in [-0.15, -0.1) is 0 Å². The number of amides is 1. The lowest BCUT2D eigenvalue weighted by Crippen LogP contribution is -2.14. The lowest BCUT2D eigenvalue weighted by Gasteiger charge is -2.10. The fourth-order valence-electron chi connectivity index (χ4n) is 2.10. The molecule has 3 aromatic rings. The van der Waals surface area contributed by atoms with Crippen molar-refractivity contribution in [1.29, 1.82) is 0 Å². The molecule has 0 bridgehead atoms. The SMILES string of the molecule is Cc1oncc1C(=O)Nc1cnc(-c2cc(Cl)cc(Cl)c2Cl)c(N)n1. The first kappa shape index (κ1) is 17.5. The molecule has 7 nitrogen and oxygen atoms in total. The second kappa shape index (κ2) is 6.87. The van der Waals surface area contributed by atoms with E-state index in [1.54, 1.807) is 13.0 Å². The Hall–Kier alpha value is -2.35. The number of aromatic nitrogens is 3. The topological polar surface area (TPSA) is 107 Å². The summed E-state index contributed by atoms with van der Waals surface area (Å²) in [6.07, 6.45) is 2.65. The van der Waals surface area contributed by atoms with Crippen molar-refractivity contribution in [3.05, 3.63) is 50.9 Å². The summed E-state index contributed by atoms with van der Waals surface area (Å²) in [5.74, 6) is 0.163. The molecule has 0 aliphatic carbocycles. The molecule has 0 unspecified atom stereocenters. The van der Waals surface area contributed by atoms with E-state index < -0.39 is 5.91 Å². The standard InChI is InChI=1S/C15H10Cl3N5O2/c1-6-9(4-21-25-6)15(24)23-11-5-20-13(14(19)22-11)8-2-7(16)3-10(17)12(8)18/h2-5H,1H3,(H3,19,22,23,24). The van der Waals surface area contributed by atoms with E-state index in [0.717, 1.165) is 0 Å². The van der Waals surface area contributed by atoms with Gasteiger partial charge >= 0.3 is 0 Å². The minimum Gasteiger partial charge on any atom is -0.382 e. The highest BCUT2D eigenvalue weighted by atomic mass is 35.5. The zero-order valence-corrected chi connectivity index (χ0v) is 14.9. The van der Waals surface area contributed by atoms with Crippen molar-refractivity contribution in [3.8, 4) is 11.3 Å². The van der Waals surface area contributed by atoms with Crippen LogP contribution < -0.4 is 11.1 Å². The third kappa shape index (κ3) is 3.53. The van der Waals surface area contributed by atoms with E-state index in [4.69, 9.17) is 45.1 Å². The quantitative estimate of drug-likeness (QED) is 0.639. The summed E-state index contributed by atoms with van der Waals surface area (Å²) < 4.78 is 4.85. The zero-order chi connectivity index (χ0) is 18.1. The Labute approximate surface area is 157 Å². The maximum Gasteiger partial charge on any atom is 0.262 e. The van der Waals surface area contributed by atoms with Gasteiger partial charge in [0.2, 0.25) is 0 Å². The van der Waals surface area contributed by atoms with Gasteiger partial charge in [0.25, 0.3) is 5.91 Å². The monoisotopic (exact) mass is 397 g/mol. The average Bonchev–Trinajstić information content (AvgIpc) is 2.97. The van der Waals surface area contributed by atoms with Crippen LogP contribution in [0.3, 0.4) is 0 Å². The van der Waals surface area contributed by atoms with Gasteiger partial charge in [-0.2, -0.15) is 0 Å².